The predicted molar refractivity (Wildman–Crippen MR) is 111 cm³/mol. The second-order valence-corrected chi connectivity index (χ2v) is 7.49. The van der Waals surface area contributed by atoms with Gasteiger partial charge in [-0.1, -0.05) is 48.5 Å². The van der Waals surface area contributed by atoms with Crippen molar-refractivity contribution in [3.8, 4) is 17.2 Å². The lowest BCUT2D eigenvalue weighted by atomic mass is 9.90. The maximum absolute atomic E-state index is 12.1. The Bertz CT molecular complexity index is 1150. The summed E-state index contributed by atoms with van der Waals surface area (Å²) < 4.78 is 12.1. The highest BCUT2D eigenvalue weighted by molar-refractivity contribution is 6.31. The largest absolute Gasteiger partial charge is 0.456 e. The highest BCUT2D eigenvalue weighted by atomic mass is 35.5. The van der Waals surface area contributed by atoms with E-state index in [-0.39, 0.29) is 11.8 Å². The minimum absolute atomic E-state index is 0.214. The molecule has 2 unspecified atom stereocenters. The molecule has 5 rings (SSSR count). The van der Waals surface area contributed by atoms with Crippen LogP contribution in [0.25, 0.3) is 10.8 Å². The van der Waals surface area contributed by atoms with Crippen LogP contribution in [0.2, 0.25) is 5.02 Å². The molecular formula is C24H17ClO3. The highest BCUT2D eigenvalue weighted by Gasteiger charge is 2.40. The van der Waals surface area contributed by atoms with Crippen LogP contribution in [0.15, 0.2) is 73.3 Å². The minimum Gasteiger partial charge on any atom is -0.456 e. The van der Waals surface area contributed by atoms with Gasteiger partial charge in [-0.2, -0.15) is 0 Å². The van der Waals surface area contributed by atoms with E-state index in [1.807, 2.05) is 42.5 Å². The van der Waals surface area contributed by atoms with E-state index in [2.05, 4.69) is 18.7 Å². The fraction of sp³-hybridized carbons (Fsp3) is 0.125. The number of halogens is 1. The molecule has 138 valence electrons. The number of carbonyl (C=O) groups is 1. The van der Waals surface area contributed by atoms with E-state index in [0.29, 0.717) is 10.8 Å². The van der Waals surface area contributed by atoms with Crippen molar-refractivity contribution >= 4 is 28.3 Å². The molecule has 0 aromatic heterocycles. The molecular weight excluding hydrogens is 372 g/mol. The summed E-state index contributed by atoms with van der Waals surface area (Å²) in [6, 6.07) is 15.3. The van der Waals surface area contributed by atoms with Gasteiger partial charge in [-0.15, -0.1) is 0 Å². The normalized spacial score (nSPS) is 18.9. The van der Waals surface area contributed by atoms with Gasteiger partial charge in [-0.3, -0.25) is 0 Å². The number of para-hydroxylation sites is 1. The van der Waals surface area contributed by atoms with Gasteiger partial charge in [0, 0.05) is 44.8 Å². The molecule has 0 aliphatic heterocycles. The van der Waals surface area contributed by atoms with Gasteiger partial charge in [0.15, 0.2) is 0 Å². The molecule has 0 saturated heterocycles. The van der Waals surface area contributed by atoms with Gasteiger partial charge in [-0.25, -0.2) is 4.79 Å². The van der Waals surface area contributed by atoms with E-state index in [4.69, 9.17) is 21.1 Å². The number of esters is 1. The Kier molecular flexibility index (Phi) is 3.99. The number of allylic oxidation sites excluding steroid dienone is 2. The first-order chi connectivity index (χ1) is 13.7. The average Bonchev–Trinajstić information content (AvgIpc) is 3.33. The molecule has 0 spiro atoms. The SMILES string of the molecule is C=CC(=O)Oc1c2c(c(Oc3ccccc3)c3cc(Cl)ccc13)C1C=CC2C1. The summed E-state index contributed by atoms with van der Waals surface area (Å²) in [6.45, 7) is 3.53. The molecule has 0 radical (unpaired) electrons. The molecule has 0 fully saturated rings. The Balaban J connectivity index is 1.81. The molecule has 4 heteroatoms. The molecule has 0 saturated carbocycles. The first kappa shape index (κ1) is 17.1. The average molecular weight is 389 g/mol. The van der Waals surface area contributed by atoms with Gasteiger partial charge >= 0.3 is 5.97 Å². The van der Waals surface area contributed by atoms with Crippen molar-refractivity contribution < 1.29 is 14.3 Å². The molecule has 0 N–H and O–H groups in total. The van der Waals surface area contributed by atoms with Crippen LogP contribution in [0.4, 0.5) is 0 Å². The Morgan fingerprint density at radius 2 is 1.71 bits per heavy atom. The van der Waals surface area contributed by atoms with Crippen LogP contribution in [-0.2, 0) is 4.79 Å². The molecule has 3 nitrogen and oxygen atoms in total. The first-order valence-electron chi connectivity index (χ1n) is 9.20. The van der Waals surface area contributed by atoms with Crippen LogP contribution in [-0.4, -0.2) is 5.97 Å². The minimum atomic E-state index is -0.470. The van der Waals surface area contributed by atoms with E-state index >= 15 is 0 Å². The van der Waals surface area contributed by atoms with Crippen molar-refractivity contribution in [3.63, 3.8) is 0 Å². The molecule has 2 bridgehead atoms. The Morgan fingerprint density at radius 3 is 2.43 bits per heavy atom. The van der Waals surface area contributed by atoms with Crippen LogP contribution in [0.5, 0.6) is 17.2 Å². The van der Waals surface area contributed by atoms with Crippen LogP contribution >= 0.6 is 11.6 Å². The highest BCUT2D eigenvalue weighted by Crippen LogP contribution is 2.58. The monoisotopic (exact) mass is 388 g/mol. The summed E-state index contributed by atoms with van der Waals surface area (Å²) in [5.41, 5.74) is 2.11. The van der Waals surface area contributed by atoms with Gasteiger partial charge in [0.2, 0.25) is 0 Å². The molecule has 0 amide bonds. The number of hydrogen-bond acceptors (Lipinski definition) is 3. The van der Waals surface area contributed by atoms with Gasteiger partial charge in [0.05, 0.1) is 0 Å². The van der Waals surface area contributed by atoms with Gasteiger partial charge in [0.1, 0.15) is 17.2 Å². The quantitative estimate of drug-likeness (QED) is 0.221. The number of fused-ring (bicyclic) bond motifs is 6. The van der Waals surface area contributed by atoms with Crippen molar-refractivity contribution in [2.75, 3.05) is 0 Å². The van der Waals surface area contributed by atoms with Crippen LogP contribution in [0.3, 0.4) is 0 Å². The van der Waals surface area contributed by atoms with E-state index in [1.54, 1.807) is 6.07 Å². The number of carbonyl (C=O) groups excluding carboxylic acids is 1. The molecule has 28 heavy (non-hydrogen) atoms. The van der Waals surface area contributed by atoms with Crippen molar-refractivity contribution in [2.45, 2.75) is 18.3 Å². The lowest BCUT2D eigenvalue weighted by molar-refractivity contribution is -0.128. The maximum atomic E-state index is 12.1. The lowest BCUT2D eigenvalue weighted by Crippen LogP contribution is -2.09. The standard InChI is InChI=1S/C24H17ClO3/c1-2-20(26)28-23-18-11-10-16(25)13-19(18)24(27-17-6-4-3-5-7-17)22-15-9-8-14(12-15)21(22)23/h2-11,13-15H,1,12H2. The second kappa shape index (κ2) is 6.54. The summed E-state index contributed by atoms with van der Waals surface area (Å²) >= 11 is 6.32. The van der Waals surface area contributed by atoms with Crippen molar-refractivity contribution in [1.82, 2.24) is 0 Å². The number of ether oxygens (including phenoxy) is 2. The predicted octanol–water partition coefficient (Wildman–Crippen LogP) is 6.52. The van der Waals surface area contributed by atoms with Crippen molar-refractivity contribution in [1.29, 1.82) is 0 Å². The summed E-state index contributed by atoms with van der Waals surface area (Å²) in [6.07, 6.45) is 6.54. The zero-order valence-electron chi connectivity index (χ0n) is 15.0. The van der Waals surface area contributed by atoms with E-state index in [1.165, 1.54) is 6.08 Å². The summed E-state index contributed by atoms with van der Waals surface area (Å²) in [5.74, 6) is 2.11. The lowest BCUT2D eigenvalue weighted by Gasteiger charge is -2.22. The third kappa shape index (κ3) is 2.62. The third-order valence-corrected chi connectivity index (χ3v) is 5.64. The van der Waals surface area contributed by atoms with Crippen LogP contribution in [0, 0.1) is 0 Å². The molecule has 0 heterocycles. The third-order valence-electron chi connectivity index (χ3n) is 5.41. The molecule has 2 aliphatic carbocycles. The second-order valence-electron chi connectivity index (χ2n) is 7.05. The van der Waals surface area contributed by atoms with Gasteiger partial charge in [0.25, 0.3) is 0 Å². The fourth-order valence-corrected chi connectivity index (χ4v) is 4.44. The topological polar surface area (TPSA) is 35.5 Å². The number of benzene rings is 3. The smallest absolute Gasteiger partial charge is 0.335 e. The number of hydrogen-bond donors (Lipinski definition) is 0. The van der Waals surface area contributed by atoms with E-state index < -0.39 is 5.97 Å². The molecule has 2 aliphatic rings. The molecule has 3 aromatic rings. The fourth-order valence-electron chi connectivity index (χ4n) is 4.27. The first-order valence-corrected chi connectivity index (χ1v) is 9.58. The van der Waals surface area contributed by atoms with E-state index in [9.17, 15) is 4.79 Å². The zero-order valence-corrected chi connectivity index (χ0v) is 15.8. The summed E-state index contributed by atoms with van der Waals surface area (Å²) in [5, 5.41) is 2.25. The Morgan fingerprint density at radius 1 is 1.00 bits per heavy atom. The Labute approximate surface area is 167 Å². The van der Waals surface area contributed by atoms with Crippen LogP contribution in [0.1, 0.15) is 29.4 Å². The summed E-state index contributed by atoms with van der Waals surface area (Å²) in [7, 11) is 0. The van der Waals surface area contributed by atoms with Crippen molar-refractivity contribution in [3.05, 3.63) is 89.5 Å². The van der Waals surface area contributed by atoms with Gasteiger partial charge in [-0.05, 0) is 36.8 Å². The zero-order chi connectivity index (χ0) is 19.3. The van der Waals surface area contributed by atoms with E-state index in [0.717, 1.165) is 39.8 Å². The summed E-state index contributed by atoms with van der Waals surface area (Å²) in [4.78, 5) is 12.1. The Hall–Kier alpha value is -3.04. The number of rotatable bonds is 4. The molecule has 2 atom stereocenters. The van der Waals surface area contributed by atoms with Crippen molar-refractivity contribution in [2.24, 2.45) is 0 Å². The molecule has 3 aromatic carbocycles. The maximum Gasteiger partial charge on any atom is 0.335 e. The van der Waals surface area contributed by atoms with Gasteiger partial charge < -0.3 is 9.47 Å². The van der Waals surface area contributed by atoms with Crippen LogP contribution < -0.4 is 9.47 Å².